The molecule has 0 N–H and O–H groups in total. The van der Waals surface area contributed by atoms with Crippen LogP contribution in [0.5, 0.6) is 5.88 Å². The van der Waals surface area contributed by atoms with Gasteiger partial charge in [-0.05, 0) is 50.3 Å². The minimum absolute atomic E-state index is 0.0230. The van der Waals surface area contributed by atoms with E-state index < -0.39 is 42.5 Å². The van der Waals surface area contributed by atoms with Crippen LogP contribution in [0.2, 0.25) is 0 Å². The highest BCUT2D eigenvalue weighted by atomic mass is 19.4. The van der Waals surface area contributed by atoms with Crippen molar-refractivity contribution in [1.82, 2.24) is 29.9 Å². The Balaban J connectivity index is 1.45. The molecule has 2 bridgehead atoms. The molecule has 1 saturated carbocycles. The maximum Gasteiger partial charge on any atom is 0.417 e. The number of piperidine rings is 2. The van der Waals surface area contributed by atoms with Gasteiger partial charge < -0.3 is 9.64 Å². The fraction of sp³-hybridized carbons (Fsp3) is 0.435. The molecule has 0 aromatic carbocycles. The maximum absolute atomic E-state index is 14.2. The van der Waals surface area contributed by atoms with Gasteiger partial charge in [0.05, 0.1) is 30.0 Å². The van der Waals surface area contributed by atoms with Gasteiger partial charge in [-0.3, -0.25) is 4.79 Å². The third-order valence-corrected chi connectivity index (χ3v) is 6.63. The number of halogens is 4. The zero-order valence-electron chi connectivity index (χ0n) is 18.7. The van der Waals surface area contributed by atoms with Crippen LogP contribution >= 0.6 is 0 Å². The van der Waals surface area contributed by atoms with Crippen LogP contribution in [0.3, 0.4) is 0 Å². The number of hydrogen-bond donors (Lipinski definition) is 0. The van der Waals surface area contributed by atoms with Crippen molar-refractivity contribution in [3.05, 3.63) is 59.8 Å². The van der Waals surface area contributed by atoms with Crippen molar-refractivity contribution < 1.29 is 27.1 Å². The average Bonchev–Trinajstić information content (AvgIpc) is 3.38. The summed E-state index contributed by atoms with van der Waals surface area (Å²) in [6.07, 6.45) is 0.377. The van der Waals surface area contributed by atoms with Gasteiger partial charge in [0.2, 0.25) is 5.88 Å². The van der Waals surface area contributed by atoms with E-state index in [9.17, 15) is 22.4 Å². The molecule has 0 spiro atoms. The molecule has 3 aromatic rings. The first-order chi connectivity index (χ1) is 16.8. The van der Waals surface area contributed by atoms with Gasteiger partial charge in [0.1, 0.15) is 18.5 Å². The van der Waals surface area contributed by atoms with Crippen molar-refractivity contribution in [3.63, 3.8) is 0 Å². The summed E-state index contributed by atoms with van der Waals surface area (Å²) in [5, 5.41) is 8.19. The highest BCUT2D eigenvalue weighted by Gasteiger charge is 2.51. The number of carbonyl (C=O) groups excluding carboxylic acids is 1. The van der Waals surface area contributed by atoms with Crippen LogP contribution in [0.4, 0.5) is 17.6 Å². The first-order valence-electron chi connectivity index (χ1n) is 11.2. The second-order valence-electron chi connectivity index (χ2n) is 8.75. The predicted octanol–water partition coefficient (Wildman–Crippen LogP) is 3.79. The van der Waals surface area contributed by atoms with Gasteiger partial charge in [-0.15, -0.1) is 4.80 Å². The van der Waals surface area contributed by atoms with Gasteiger partial charge in [-0.25, -0.2) is 14.4 Å². The minimum atomic E-state index is -4.51. The summed E-state index contributed by atoms with van der Waals surface area (Å²) in [5.41, 5.74) is 0.185. The Labute approximate surface area is 197 Å². The topological polar surface area (TPSA) is 86.0 Å². The van der Waals surface area contributed by atoms with Gasteiger partial charge in [0.25, 0.3) is 5.91 Å². The molecule has 8 nitrogen and oxygen atoms in total. The summed E-state index contributed by atoms with van der Waals surface area (Å²) in [5.74, 6) is -0.605. The number of hydrogen-bond acceptors (Lipinski definition) is 6. The second kappa shape index (κ2) is 8.90. The second-order valence-corrected chi connectivity index (χ2v) is 8.75. The fourth-order valence-electron chi connectivity index (χ4n) is 5.02. The van der Waals surface area contributed by atoms with E-state index >= 15 is 0 Å². The van der Waals surface area contributed by atoms with Crippen molar-refractivity contribution >= 4 is 5.91 Å². The molecule has 5 heterocycles. The van der Waals surface area contributed by atoms with Crippen molar-refractivity contribution in [2.45, 2.75) is 50.6 Å². The van der Waals surface area contributed by atoms with E-state index in [1.807, 2.05) is 0 Å². The van der Waals surface area contributed by atoms with Crippen molar-refractivity contribution in [3.8, 4) is 11.6 Å². The quantitative estimate of drug-likeness (QED) is 0.506. The lowest BCUT2D eigenvalue weighted by molar-refractivity contribution is -0.137. The van der Waals surface area contributed by atoms with E-state index in [1.165, 1.54) is 22.1 Å². The third kappa shape index (κ3) is 4.32. The summed E-state index contributed by atoms with van der Waals surface area (Å²) in [6.45, 7) is 1.02. The van der Waals surface area contributed by atoms with Crippen molar-refractivity contribution in [1.29, 1.82) is 0 Å². The smallest absolute Gasteiger partial charge is 0.417 e. The lowest BCUT2D eigenvalue weighted by Crippen LogP contribution is -2.65. The van der Waals surface area contributed by atoms with E-state index in [-0.39, 0.29) is 17.5 Å². The Kier molecular flexibility index (Phi) is 5.89. The number of carbonyl (C=O) groups is 1. The number of aryl methyl sites for hydroxylation is 1. The Bertz CT molecular complexity index is 1200. The summed E-state index contributed by atoms with van der Waals surface area (Å²) < 4.78 is 58.8. The molecule has 3 aromatic heterocycles. The predicted molar refractivity (Wildman–Crippen MR) is 115 cm³/mol. The molecule has 184 valence electrons. The molecule has 0 unspecified atom stereocenters. The average molecular weight is 490 g/mol. The maximum atomic E-state index is 14.2. The van der Waals surface area contributed by atoms with Crippen LogP contribution in [-0.2, 0) is 6.18 Å². The molecule has 2 saturated heterocycles. The van der Waals surface area contributed by atoms with E-state index in [2.05, 4.69) is 20.2 Å². The number of pyridine rings is 2. The number of rotatable bonds is 5. The first kappa shape index (κ1) is 23.2. The third-order valence-electron chi connectivity index (χ3n) is 6.63. The Hall–Kier alpha value is -3.57. The van der Waals surface area contributed by atoms with Gasteiger partial charge >= 0.3 is 6.18 Å². The van der Waals surface area contributed by atoms with Gasteiger partial charge in [0, 0.05) is 18.0 Å². The van der Waals surface area contributed by atoms with Crippen LogP contribution in [-0.4, -0.2) is 60.6 Å². The van der Waals surface area contributed by atoms with Gasteiger partial charge in [-0.2, -0.15) is 23.4 Å². The summed E-state index contributed by atoms with van der Waals surface area (Å²) >= 11 is 0. The van der Waals surface area contributed by atoms with Crippen molar-refractivity contribution in [2.75, 3.05) is 6.67 Å². The largest absolute Gasteiger partial charge is 0.472 e. The molecule has 3 fully saturated rings. The van der Waals surface area contributed by atoms with Gasteiger partial charge in [-0.1, -0.05) is 0 Å². The Morgan fingerprint density at radius 3 is 2.57 bits per heavy atom. The zero-order valence-corrected chi connectivity index (χ0v) is 18.7. The highest BCUT2D eigenvalue weighted by molar-refractivity contribution is 5.96. The summed E-state index contributed by atoms with van der Waals surface area (Å²) in [4.78, 5) is 24.8. The van der Waals surface area contributed by atoms with E-state index in [4.69, 9.17) is 4.74 Å². The zero-order chi connectivity index (χ0) is 24.7. The standard InChI is InChI=1S/C23H22F4N6O2/c1-13-2-5-17(33-29-8-9-30-33)21(31-13)22(34)32-16-6-3-14(18(32)11-24)10-19(16)35-20-7-4-15(12-28-20)23(25,26)27/h2,4-5,7-9,12,14,16,18-19H,3,6,10-11H2,1H3/t14-,16+,18-,19+/m1/s1. The lowest BCUT2D eigenvalue weighted by Gasteiger charge is -2.53. The SMILES string of the molecule is Cc1ccc(-n2nccn2)c(C(=O)N2[C@H](CF)[C@@H]3CC[C@H]2[C@@H](Oc2ccc(C(F)(F)F)cn2)C3)n1. The van der Waals surface area contributed by atoms with Crippen LogP contribution in [0, 0.1) is 12.8 Å². The molecule has 4 atom stereocenters. The molecule has 1 aliphatic carbocycles. The number of alkyl halides is 4. The number of fused-ring (bicyclic) bond motifs is 3. The van der Waals surface area contributed by atoms with Crippen LogP contribution < -0.4 is 4.74 Å². The molecular weight excluding hydrogens is 468 g/mol. The number of amides is 1. The monoisotopic (exact) mass is 490 g/mol. The van der Waals surface area contributed by atoms with Crippen LogP contribution in [0.15, 0.2) is 42.9 Å². The molecular formula is C23H22F4N6O2. The fourth-order valence-corrected chi connectivity index (χ4v) is 5.02. The normalized spacial score (nSPS) is 24.0. The number of nitrogens with zero attached hydrogens (tertiary/aromatic N) is 6. The highest BCUT2D eigenvalue weighted by Crippen LogP contribution is 2.42. The van der Waals surface area contributed by atoms with E-state index in [0.717, 1.165) is 18.6 Å². The number of ether oxygens (including phenoxy) is 1. The van der Waals surface area contributed by atoms with Crippen LogP contribution in [0.25, 0.3) is 5.69 Å². The first-order valence-corrected chi connectivity index (χ1v) is 11.2. The Morgan fingerprint density at radius 1 is 1.14 bits per heavy atom. The molecule has 6 rings (SSSR count). The van der Waals surface area contributed by atoms with Crippen molar-refractivity contribution in [2.24, 2.45) is 5.92 Å². The minimum Gasteiger partial charge on any atom is -0.472 e. The molecule has 3 aliphatic rings. The van der Waals surface area contributed by atoms with Crippen LogP contribution in [0.1, 0.15) is 41.0 Å². The Morgan fingerprint density at radius 2 is 1.91 bits per heavy atom. The molecule has 0 radical (unpaired) electrons. The van der Waals surface area contributed by atoms with Gasteiger partial charge in [0.15, 0.2) is 5.69 Å². The van der Waals surface area contributed by atoms with E-state index in [0.29, 0.717) is 30.4 Å². The molecule has 2 aliphatic heterocycles. The molecule has 35 heavy (non-hydrogen) atoms. The van der Waals surface area contributed by atoms with E-state index in [1.54, 1.807) is 19.1 Å². The molecule has 1 amide bonds. The number of aromatic nitrogens is 5. The lowest BCUT2D eigenvalue weighted by atomic mass is 9.73. The summed E-state index contributed by atoms with van der Waals surface area (Å²) in [7, 11) is 0. The molecule has 12 heteroatoms. The summed E-state index contributed by atoms with van der Waals surface area (Å²) in [6, 6.07) is 4.33.